The fraction of sp³-hybridized carbons (Fsp3) is 0.524. The molecule has 1 aliphatic carbocycles. The molecule has 1 aromatic carbocycles. The van der Waals surface area contributed by atoms with Crippen LogP contribution < -0.4 is 5.32 Å². The number of imidazole rings is 1. The minimum atomic E-state index is 0.452. The third-order valence-corrected chi connectivity index (χ3v) is 5.12. The molecule has 0 saturated heterocycles. The molecule has 1 aliphatic rings. The van der Waals surface area contributed by atoms with Crippen LogP contribution in [0.1, 0.15) is 32.5 Å². The van der Waals surface area contributed by atoms with Crippen molar-refractivity contribution in [3.8, 4) is 11.3 Å². The first kappa shape index (κ1) is 19.4. The molecule has 1 unspecified atom stereocenters. The second-order valence-electron chi connectivity index (χ2n) is 7.41. The summed E-state index contributed by atoms with van der Waals surface area (Å²) in [5.41, 5.74) is 2.19. The summed E-state index contributed by atoms with van der Waals surface area (Å²) in [5, 5.41) is 3.40. The zero-order valence-electron chi connectivity index (χ0n) is 16.9. The van der Waals surface area contributed by atoms with Gasteiger partial charge in [0.1, 0.15) is 5.82 Å². The molecule has 1 atom stereocenters. The van der Waals surface area contributed by atoms with Crippen LogP contribution in [0, 0.1) is 0 Å². The quantitative estimate of drug-likeness (QED) is 0.556. The summed E-state index contributed by atoms with van der Waals surface area (Å²) in [6.07, 6.45) is 4.55. The largest absolute Gasteiger partial charge is 0.357 e. The Morgan fingerprint density at radius 2 is 2.04 bits per heavy atom. The van der Waals surface area contributed by atoms with E-state index in [9.17, 15) is 0 Å². The standard InChI is InChI=1S/C21H32N6/c1-5-22-21(24-13-16(2)27(4)18-11-12-18)26(3)15-20-23-14-19(25-20)17-9-7-6-8-10-17/h6-10,14,16,18H,5,11-13,15H2,1-4H3,(H,22,24)(H,23,25). The van der Waals surface area contributed by atoms with Crippen molar-refractivity contribution in [2.24, 2.45) is 4.99 Å². The number of rotatable bonds is 8. The lowest BCUT2D eigenvalue weighted by atomic mass is 10.2. The maximum absolute atomic E-state index is 4.85. The van der Waals surface area contributed by atoms with Gasteiger partial charge in [0.05, 0.1) is 25.0 Å². The van der Waals surface area contributed by atoms with E-state index in [2.05, 4.69) is 65.2 Å². The predicted octanol–water partition coefficient (Wildman–Crippen LogP) is 2.96. The Hall–Kier alpha value is -2.34. The Balaban J connectivity index is 1.62. The van der Waals surface area contributed by atoms with Gasteiger partial charge in [-0.05, 0) is 39.3 Å². The monoisotopic (exact) mass is 368 g/mol. The molecule has 0 radical (unpaired) electrons. The van der Waals surface area contributed by atoms with Gasteiger partial charge in [-0.15, -0.1) is 0 Å². The van der Waals surface area contributed by atoms with Crippen molar-refractivity contribution >= 4 is 5.96 Å². The highest BCUT2D eigenvalue weighted by molar-refractivity contribution is 5.79. The molecule has 0 aliphatic heterocycles. The number of aliphatic imine (C=N–C) groups is 1. The average Bonchev–Trinajstić information content (AvgIpc) is 3.44. The van der Waals surface area contributed by atoms with Gasteiger partial charge >= 0.3 is 0 Å². The zero-order chi connectivity index (χ0) is 19.2. The maximum atomic E-state index is 4.85. The third kappa shape index (κ3) is 5.32. The van der Waals surface area contributed by atoms with Crippen molar-refractivity contribution in [2.45, 2.75) is 45.3 Å². The van der Waals surface area contributed by atoms with E-state index in [1.165, 1.54) is 12.8 Å². The molecule has 3 rings (SSSR count). The van der Waals surface area contributed by atoms with Gasteiger partial charge in [-0.25, -0.2) is 4.98 Å². The highest BCUT2D eigenvalue weighted by Crippen LogP contribution is 2.26. The summed E-state index contributed by atoms with van der Waals surface area (Å²) in [6, 6.07) is 11.5. The maximum Gasteiger partial charge on any atom is 0.194 e. The van der Waals surface area contributed by atoms with E-state index in [4.69, 9.17) is 4.99 Å². The Labute approximate surface area is 162 Å². The molecule has 1 heterocycles. The average molecular weight is 369 g/mol. The van der Waals surface area contributed by atoms with Crippen molar-refractivity contribution in [2.75, 3.05) is 27.2 Å². The van der Waals surface area contributed by atoms with Crippen LogP contribution in [0.15, 0.2) is 41.5 Å². The summed E-state index contributed by atoms with van der Waals surface area (Å²) in [5.74, 6) is 1.86. The van der Waals surface area contributed by atoms with Gasteiger partial charge < -0.3 is 15.2 Å². The second kappa shape index (κ2) is 9.04. The number of aromatic nitrogens is 2. The number of hydrogen-bond donors (Lipinski definition) is 2. The molecule has 0 spiro atoms. The Bertz CT molecular complexity index is 734. The summed E-state index contributed by atoms with van der Waals surface area (Å²) < 4.78 is 0. The van der Waals surface area contributed by atoms with Gasteiger partial charge in [0.25, 0.3) is 0 Å². The molecular weight excluding hydrogens is 336 g/mol. The Morgan fingerprint density at radius 3 is 2.70 bits per heavy atom. The molecule has 2 N–H and O–H groups in total. The van der Waals surface area contributed by atoms with E-state index in [1.807, 2.05) is 24.4 Å². The van der Waals surface area contributed by atoms with E-state index < -0.39 is 0 Å². The lowest BCUT2D eigenvalue weighted by Gasteiger charge is -2.25. The topological polar surface area (TPSA) is 59.6 Å². The van der Waals surface area contributed by atoms with Crippen LogP contribution in [-0.2, 0) is 6.54 Å². The van der Waals surface area contributed by atoms with Gasteiger partial charge in [-0.2, -0.15) is 0 Å². The van der Waals surface area contributed by atoms with Crippen LogP contribution in [0.3, 0.4) is 0 Å². The summed E-state index contributed by atoms with van der Waals surface area (Å²) >= 11 is 0. The molecule has 1 aromatic heterocycles. The number of aromatic amines is 1. The Morgan fingerprint density at radius 1 is 1.30 bits per heavy atom. The SMILES string of the molecule is CCNC(=NCC(C)N(C)C1CC1)N(C)Cc1ncc(-c2ccccc2)[nH]1. The molecule has 6 heteroatoms. The number of guanidine groups is 1. The number of benzene rings is 1. The van der Waals surface area contributed by atoms with Crippen molar-refractivity contribution in [1.82, 2.24) is 25.1 Å². The molecule has 0 amide bonds. The Kier molecular flexibility index (Phi) is 6.50. The summed E-state index contributed by atoms with van der Waals surface area (Å²) in [4.78, 5) is 17.4. The van der Waals surface area contributed by atoms with Gasteiger partial charge in [0, 0.05) is 25.7 Å². The second-order valence-corrected chi connectivity index (χ2v) is 7.41. The third-order valence-electron chi connectivity index (χ3n) is 5.12. The first-order valence-electron chi connectivity index (χ1n) is 9.89. The zero-order valence-corrected chi connectivity index (χ0v) is 16.9. The fourth-order valence-electron chi connectivity index (χ4n) is 3.17. The predicted molar refractivity (Wildman–Crippen MR) is 112 cm³/mol. The highest BCUT2D eigenvalue weighted by atomic mass is 15.3. The van der Waals surface area contributed by atoms with Gasteiger partial charge in [-0.3, -0.25) is 9.89 Å². The number of nitrogens with zero attached hydrogens (tertiary/aromatic N) is 4. The van der Waals surface area contributed by atoms with Crippen molar-refractivity contribution < 1.29 is 0 Å². The van der Waals surface area contributed by atoms with Crippen molar-refractivity contribution in [3.05, 3.63) is 42.4 Å². The van der Waals surface area contributed by atoms with Crippen molar-refractivity contribution in [1.29, 1.82) is 0 Å². The minimum absolute atomic E-state index is 0.452. The molecule has 146 valence electrons. The summed E-state index contributed by atoms with van der Waals surface area (Å²) in [7, 11) is 4.27. The van der Waals surface area contributed by atoms with Crippen LogP contribution in [0.5, 0.6) is 0 Å². The lowest BCUT2D eigenvalue weighted by Crippen LogP contribution is -2.40. The van der Waals surface area contributed by atoms with Gasteiger partial charge in [-0.1, -0.05) is 30.3 Å². The van der Waals surface area contributed by atoms with Gasteiger partial charge in [0.15, 0.2) is 5.96 Å². The normalized spacial score (nSPS) is 15.8. The number of likely N-dealkylation sites (N-methyl/N-ethyl adjacent to an activating group) is 1. The van der Waals surface area contributed by atoms with Crippen LogP contribution >= 0.6 is 0 Å². The molecular formula is C21H32N6. The number of nitrogens with one attached hydrogen (secondary N) is 2. The molecule has 6 nitrogen and oxygen atoms in total. The smallest absolute Gasteiger partial charge is 0.194 e. The summed E-state index contributed by atoms with van der Waals surface area (Å²) in [6.45, 7) is 6.69. The van der Waals surface area contributed by atoms with Crippen LogP contribution in [0.2, 0.25) is 0 Å². The van der Waals surface area contributed by atoms with Crippen LogP contribution in [0.25, 0.3) is 11.3 Å². The molecule has 1 saturated carbocycles. The molecule has 27 heavy (non-hydrogen) atoms. The first-order chi connectivity index (χ1) is 13.1. The van der Waals surface area contributed by atoms with Crippen molar-refractivity contribution in [3.63, 3.8) is 0 Å². The molecule has 0 bridgehead atoms. The lowest BCUT2D eigenvalue weighted by molar-refractivity contribution is 0.252. The van der Waals surface area contributed by atoms with E-state index in [1.54, 1.807) is 0 Å². The minimum Gasteiger partial charge on any atom is -0.357 e. The number of hydrogen-bond acceptors (Lipinski definition) is 3. The van der Waals surface area contributed by atoms with Gasteiger partial charge in [0.2, 0.25) is 0 Å². The highest BCUT2D eigenvalue weighted by Gasteiger charge is 2.29. The van der Waals surface area contributed by atoms with E-state index in [-0.39, 0.29) is 0 Å². The first-order valence-corrected chi connectivity index (χ1v) is 9.89. The molecule has 1 fully saturated rings. The van der Waals surface area contributed by atoms with E-state index in [0.29, 0.717) is 12.6 Å². The number of H-pyrrole nitrogens is 1. The van der Waals surface area contributed by atoms with Crippen LogP contribution in [0.4, 0.5) is 0 Å². The van der Waals surface area contributed by atoms with E-state index in [0.717, 1.165) is 42.2 Å². The van der Waals surface area contributed by atoms with Crippen LogP contribution in [-0.4, -0.2) is 65.0 Å². The van der Waals surface area contributed by atoms with E-state index >= 15 is 0 Å². The molecule has 2 aromatic rings. The fourth-order valence-corrected chi connectivity index (χ4v) is 3.17.